The Morgan fingerprint density at radius 3 is 2.89 bits per heavy atom. The summed E-state index contributed by atoms with van der Waals surface area (Å²) < 4.78 is 5.24. The van der Waals surface area contributed by atoms with E-state index in [-0.39, 0.29) is 30.3 Å². The third kappa shape index (κ3) is 2.55. The molecule has 1 aliphatic rings. The fourth-order valence-electron chi connectivity index (χ4n) is 2.28. The molecule has 1 unspecified atom stereocenters. The maximum Gasteiger partial charge on any atom is 0.243 e. The molecule has 1 saturated heterocycles. The van der Waals surface area contributed by atoms with Gasteiger partial charge in [0.15, 0.2) is 0 Å². The van der Waals surface area contributed by atoms with Crippen LogP contribution in [0.5, 0.6) is 0 Å². The maximum absolute atomic E-state index is 11.9. The molecular formula is C13H18N2O3. The minimum absolute atomic E-state index is 0.0279. The average molecular weight is 250 g/mol. The lowest BCUT2D eigenvalue weighted by molar-refractivity contribution is -0.147. The number of piperazine rings is 1. The Bertz CT molecular complexity index is 425. The van der Waals surface area contributed by atoms with Crippen molar-refractivity contribution in [2.24, 2.45) is 5.92 Å². The largest absolute Gasteiger partial charge is 0.469 e. The summed E-state index contributed by atoms with van der Waals surface area (Å²) in [7, 11) is 0. The van der Waals surface area contributed by atoms with Crippen LogP contribution >= 0.6 is 0 Å². The van der Waals surface area contributed by atoms with Crippen molar-refractivity contribution in [3.8, 4) is 0 Å². The number of carbonyl (C=O) groups is 2. The van der Waals surface area contributed by atoms with Crippen molar-refractivity contribution >= 4 is 11.8 Å². The Balaban J connectivity index is 2.06. The van der Waals surface area contributed by atoms with Gasteiger partial charge in [0.1, 0.15) is 11.8 Å². The van der Waals surface area contributed by atoms with Gasteiger partial charge in [-0.25, -0.2) is 0 Å². The molecule has 0 radical (unpaired) electrons. The van der Waals surface area contributed by atoms with Gasteiger partial charge in [0.2, 0.25) is 11.8 Å². The quantitative estimate of drug-likeness (QED) is 0.860. The first kappa shape index (κ1) is 12.7. The van der Waals surface area contributed by atoms with Crippen LogP contribution in [0.1, 0.15) is 19.6 Å². The highest BCUT2D eigenvalue weighted by Crippen LogP contribution is 2.15. The molecule has 1 atom stereocenters. The Kier molecular flexibility index (Phi) is 3.69. The zero-order chi connectivity index (χ0) is 13.1. The van der Waals surface area contributed by atoms with E-state index >= 15 is 0 Å². The lowest BCUT2D eigenvalue weighted by Gasteiger charge is -2.37. The average Bonchev–Trinajstić information content (AvgIpc) is 2.82. The van der Waals surface area contributed by atoms with Crippen LogP contribution in [0, 0.1) is 5.92 Å². The first-order valence-corrected chi connectivity index (χ1v) is 6.19. The number of nitrogens with one attached hydrogen (secondary N) is 1. The minimum Gasteiger partial charge on any atom is -0.469 e. The molecule has 0 bridgehead atoms. The minimum atomic E-state index is -0.374. The second-order valence-corrected chi connectivity index (χ2v) is 4.82. The van der Waals surface area contributed by atoms with Crippen LogP contribution in [0.3, 0.4) is 0 Å². The molecule has 0 aromatic carbocycles. The lowest BCUT2D eigenvalue weighted by Crippen LogP contribution is -2.60. The first-order chi connectivity index (χ1) is 8.59. The highest BCUT2D eigenvalue weighted by molar-refractivity contribution is 5.94. The van der Waals surface area contributed by atoms with E-state index in [0.717, 1.165) is 5.76 Å². The number of carbonyl (C=O) groups excluding carboxylic acids is 2. The summed E-state index contributed by atoms with van der Waals surface area (Å²) >= 11 is 0. The summed E-state index contributed by atoms with van der Waals surface area (Å²) in [5.41, 5.74) is 0. The molecule has 1 fully saturated rings. The van der Waals surface area contributed by atoms with Gasteiger partial charge in [0.25, 0.3) is 0 Å². The fraction of sp³-hybridized carbons (Fsp3) is 0.538. The molecule has 98 valence electrons. The summed E-state index contributed by atoms with van der Waals surface area (Å²) in [6.45, 7) is 4.51. The first-order valence-electron chi connectivity index (χ1n) is 6.19. The maximum atomic E-state index is 11.9. The lowest BCUT2D eigenvalue weighted by atomic mass is 9.99. The third-order valence-corrected chi connectivity index (χ3v) is 3.15. The second kappa shape index (κ2) is 5.25. The molecule has 1 aromatic rings. The van der Waals surface area contributed by atoms with Crippen LogP contribution in [0.15, 0.2) is 22.8 Å². The van der Waals surface area contributed by atoms with Crippen LogP contribution in [0.25, 0.3) is 0 Å². The van der Waals surface area contributed by atoms with Crippen molar-refractivity contribution in [1.82, 2.24) is 10.2 Å². The topological polar surface area (TPSA) is 62.6 Å². The van der Waals surface area contributed by atoms with Crippen LogP contribution in [-0.4, -0.2) is 35.8 Å². The van der Waals surface area contributed by atoms with Gasteiger partial charge in [0, 0.05) is 13.0 Å². The number of nitrogens with zero attached hydrogens (tertiary/aromatic N) is 1. The Labute approximate surface area is 106 Å². The fourth-order valence-corrected chi connectivity index (χ4v) is 2.28. The van der Waals surface area contributed by atoms with Crippen LogP contribution < -0.4 is 5.32 Å². The molecule has 5 heteroatoms. The highest BCUT2D eigenvalue weighted by atomic mass is 16.3. The van der Waals surface area contributed by atoms with E-state index in [4.69, 9.17) is 4.42 Å². The highest BCUT2D eigenvalue weighted by Gasteiger charge is 2.36. The van der Waals surface area contributed by atoms with Gasteiger partial charge in [0.05, 0.1) is 12.8 Å². The molecule has 0 saturated carbocycles. The van der Waals surface area contributed by atoms with Crippen LogP contribution in [-0.2, 0) is 16.0 Å². The van der Waals surface area contributed by atoms with Gasteiger partial charge in [-0.05, 0) is 18.1 Å². The summed E-state index contributed by atoms with van der Waals surface area (Å²) in [6.07, 6.45) is 2.25. The van der Waals surface area contributed by atoms with Gasteiger partial charge >= 0.3 is 0 Å². The number of furan rings is 1. The van der Waals surface area contributed by atoms with E-state index in [1.54, 1.807) is 11.2 Å². The van der Waals surface area contributed by atoms with E-state index in [0.29, 0.717) is 13.0 Å². The zero-order valence-electron chi connectivity index (χ0n) is 10.7. The SMILES string of the molecule is CC(C)C1C(=O)NCC(=O)N1CCc1ccco1. The smallest absolute Gasteiger partial charge is 0.243 e. The van der Waals surface area contributed by atoms with E-state index in [1.807, 2.05) is 26.0 Å². The van der Waals surface area contributed by atoms with E-state index < -0.39 is 0 Å². The van der Waals surface area contributed by atoms with Crippen molar-refractivity contribution in [1.29, 1.82) is 0 Å². The molecule has 0 aliphatic carbocycles. The normalized spacial score (nSPS) is 20.4. The predicted molar refractivity (Wildman–Crippen MR) is 65.8 cm³/mol. The number of hydrogen-bond acceptors (Lipinski definition) is 3. The molecule has 2 amide bonds. The molecule has 1 aliphatic heterocycles. The number of amides is 2. The molecule has 5 nitrogen and oxygen atoms in total. The molecule has 2 heterocycles. The van der Waals surface area contributed by atoms with Gasteiger partial charge in [-0.1, -0.05) is 13.8 Å². The number of rotatable bonds is 4. The van der Waals surface area contributed by atoms with E-state index in [1.165, 1.54) is 0 Å². The molecule has 2 rings (SSSR count). The van der Waals surface area contributed by atoms with Gasteiger partial charge < -0.3 is 14.6 Å². The molecule has 1 N–H and O–H groups in total. The molecule has 0 spiro atoms. The predicted octanol–water partition coefficient (Wildman–Crippen LogP) is 0.805. The van der Waals surface area contributed by atoms with Crippen molar-refractivity contribution in [3.05, 3.63) is 24.2 Å². The molecule has 18 heavy (non-hydrogen) atoms. The Morgan fingerprint density at radius 1 is 1.50 bits per heavy atom. The summed E-state index contributed by atoms with van der Waals surface area (Å²) in [5.74, 6) is 0.839. The summed E-state index contributed by atoms with van der Waals surface area (Å²) in [5, 5.41) is 2.63. The zero-order valence-corrected chi connectivity index (χ0v) is 10.7. The van der Waals surface area contributed by atoms with Crippen molar-refractivity contribution in [3.63, 3.8) is 0 Å². The van der Waals surface area contributed by atoms with Gasteiger partial charge in [-0.2, -0.15) is 0 Å². The molecular weight excluding hydrogens is 232 g/mol. The molecule has 1 aromatic heterocycles. The van der Waals surface area contributed by atoms with Gasteiger partial charge in [-0.15, -0.1) is 0 Å². The van der Waals surface area contributed by atoms with Crippen LogP contribution in [0.2, 0.25) is 0 Å². The second-order valence-electron chi connectivity index (χ2n) is 4.82. The Hall–Kier alpha value is -1.78. The summed E-state index contributed by atoms with van der Waals surface area (Å²) in [6, 6.07) is 3.32. The monoisotopic (exact) mass is 250 g/mol. The van der Waals surface area contributed by atoms with Gasteiger partial charge in [-0.3, -0.25) is 9.59 Å². The van der Waals surface area contributed by atoms with E-state index in [2.05, 4.69) is 5.32 Å². The van der Waals surface area contributed by atoms with Crippen LogP contribution in [0.4, 0.5) is 0 Å². The Morgan fingerprint density at radius 2 is 2.28 bits per heavy atom. The van der Waals surface area contributed by atoms with Crippen molar-refractivity contribution in [2.45, 2.75) is 26.3 Å². The summed E-state index contributed by atoms with van der Waals surface area (Å²) in [4.78, 5) is 25.4. The number of hydrogen-bond donors (Lipinski definition) is 1. The van der Waals surface area contributed by atoms with Crippen molar-refractivity contribution < 1.29 is 14.0 Å². The third-order valence-electron chi connectivity index (χ3n) is 3.15. The standard InChI is InChI=1S/C13H18N2O3/c1-9(2)12-13(17)14-8-11(16)15(12)6-5-10-4-3-7-18-10/h3-4,7,9,12H,5-6,8H2,1-2H3,(H,14,17). The van der Waals surface area contributed by atoms with E-state index in [9.17, 15) is 9.59 Å². The van der Waals surface area contributed by atoms with Crippen molar-refractivity contribution in [2.75, 3.05) is 13.1 Å².